The number of anilines is 1. The summed E-state index contributed by atoms with van der Waals surface area (Å²) in [6.45, 7) is 7.86. The maximum Gasteiger partial charge on any atom is 0.241 e. The molecule has 0 heterocycles. The Bertz CT molecular complexity index is 547. The van der Waals surface area contributed by atoms with Gasteiger partial charge in [0.2, 0.25) is 5.91 Å². The molecular weight excluding hydrogens is 308 g/mol. The third-order valence-corrected chi connectivity index (χ3v) is 3.02. The molecule has 0 saturated heterocycles. The summed E-state index contributed by atoms with van der Waals surface area (Å²) in [5, 5.41) is 9.07. The average Bonchev–Trinajstić information content (AvgIpc) is 2.58. The first-order valence-electron chi connectivity index (χ1n) is 8.27. The van der Waals surface area contributed by atoms with Gasteiger partial charge in [-0.2, -0.15) is 0 Å². The number of guanidine groups is 1. The molecule has 24 heavy (non-hydrogen) atoms. The first kappa shape index (κ1) is 19.6. The molecule has 3 N–H and O–H groups in total. The van der Waals surface area contributed by atoms with E-state index in [9.17, 15) is 4.79 Å². The fraction of sp³-hybridized carbons (Fsp3) is 0.529. The second kappa shape index (κ2) is 11.2. The highest BCUT2D eigenvalue weighted by atomic mass is 16.5. The Morgan fingerprint density at radius 3 is 2.58 bits per heavy atom. The molecule has 7 heteroatoms. The highest BCUT2D eigenvalue weighted by Gasteiger charge is 2.07. The number of hydrogen-bond donors (Lipinski definition) is 3. The second-order valence-corrected chi connectivity index (χ2v) is 4.97. The standard InChI is InChI=1S/C17H28N4O3/c1-5-10-19-16(22)12-20-17(18-6-2)21-13-8-9-14(23-4)15(11-13)24-7-3/h8-9,11H,5-7,10,12H2,1-4H3,(H,19,22)(H2,18,20,21). The minimum Gasteiger partial charge on any atom is -0.493 e. The third-order valence-electron chi connectivity index (χ3n) is 3.02. The highest BCUT2D eigenvalue weighted by Crippen LogP contribution is 2.30. The van der Waals surface area contributed by atoms with Crippen LogP contribution >= 0.6 is 0 Å². The van der Waals surface area contributed by atoms with E-state index in [1.54, 1.807) is 7.11 Å². The number of carbonyl (C=O) groups is 1. The summed E-state index contributed by atoms with van der Waals surface area (Å²) in [7, 11) is 1.60. The molecule has 134 valence electrons. The summed E-state index contributed by atoms with van der Waals surface area (Å²) >= 11 is 0. The molecule has 0 aromatic heterocycles. The lowest BCUT2D eigenvalue weighted by Gasteiger charge is -2.14. The Hall–Kier alpha value is -2.44. The molecule has 1 aromatic rings. The van der Waals surface area contributed by atoms with Crippen LogP contribution in [0.5, 0.6) is 11.5 Å². The van der Waals surface area contributed by atoms with Crippen molar-refractivity contribution in [2.45, 2.75) is 27.2 Å². The molecule has 0 spiro atoms. The molecule has 0 unspecified atom stereocenters. The van der Waals surface area contributed by atoms with E-state index in [1.165, 1.54) is 0 Å². The zero-order valence-electron chi connectivity index (χ0n) is 14.9. The number of nitrogens with zero attached hydrogens (tertiary/aromatic N) is 1. The molecule has 0 saturated carbocycles. The topological polar surface area (TPSA) is 84.0 Å². The van der Waals surface area contributed by atoms with Gasteiger partial charge in [-0.15, -0.1) is 0 Å². The van der Waals surface area contributed by atoms with Crippen LogP contribution in [0.1, 0.15) is 27.2 Å². The lowest BCUT2D eigenvalue weighted by Crippen LogP contribution is -2.33. The van der Waals surface area contributed by atoms with Crippen molar-refractivity contribution < 1.29 is 14.3 Å². The predicted molar refractivity (Wildman–Crippen MR) is 97.1 cm³/mol. The van der Waals surface area contributed by atoms with Crippen LogP contribution in [0.25, 0.3) is 0 Å². The zero-order chi connectivity index (χ0) is 17.8. The van der Waals surface area contributed by atoms with Gasteiger partial charge in [0, 0.05) is 24.8 Å². The van der Waals surface area contributed by atoms with Gasteiger partial charge in [-0.1, -0.05) is 6.92 Å². The number of hydrogen-bond acceptors (Lipinski definition) is 4. The lowest BCUT2D eigenvalue weighted by molar-refractivity contribution is -0.119. The van der Waals surface area contributed by atoms with Crippen molar-refractivity contribution in [2.75, 3.05) is 38.7 Å². The van der Waals surface area contributed by atoms with Crippen LogP contribution in [-0.4, -0.2) is 45.2 Å². The van der Waals surface area contributed by atoms with Crippen LogP contribution in [0.15, 0.2) is 23.2 Å². The first-order valence-corrected chi connectivity index (χ1v) is 8.27. The molecule has 1 rings (SSSR count). The van der Waals surface area contributed by atoms with Crippen LogP contribution in [0, 0.1) is 0 Å². The van der Waals surface area contributed by atoms with Gasteiger partial charge in [0.25, 0.3) is 0 Å². The number of methoxy groups -OCH3 is 1. The molecule has 1 aromatic carbocycles. The van der Waals surface area contributed by atoms with E-state index in [0.29, 0.717) is 37.2 Å². The summed E-state index contributed by atoms with van der Waals surface area (Å²) < 4.78 is 10.8. The summed E-state index contributed by atoms with van der Waals surface area (Å²) in [6.07, 6.45) is 0.903. The van der Waals surface area contributed by atoms with Gasteiger partial charge in [-0.05, 0) is 32.4 Å². The lowest BCUT2D eigenvalue weighted by atomic mass is 10.2. The van der Waals surface area contributed by atoms with Gasteiger partial charge in [0.15, 0.2) is 17.5 Å². The fourth-order valence-electron chi connectivity index (χ4n) is 1.94. The van der Waals surface area contributed by atoms with Crippen LogP contribution < -0.4 is 25.4 Å². The maximum absolute atomic E-state index is 11.7. The quantitative estimate of drug-likeness (QED) is 0.474. The summed E-state index contributed by atoms with van der Waals surface area (Å²) in [5.41, 5.74) is 0.799. The number of amides is 1. The van der Waals surface area contributed by atoms with Gasteiger partial charge in [0.1, 0.15) is 6.54 Å². The van der Waals surface area contributed by atoms with Crippen molar-refractivity contribution in [3.05, 3.63) is 18.2 Å². The SMILES string of the molecule is CCCNC(=O)CN=C(NCC)Nc1ccc(OC)c(OCC)c1. The Kier molecular flexibility index (Phi) is 9.11. The summed E-state index contributed by atoms with van der Waals surface area (Å²) in [4.78, 5) is 16.0. The largest absolute Gasteiger partial charge is 0.493 e. The summed E-state index contributed by atoms with van der Waals surface area (Å²) in [6, 6.07) is 5.53. The van der Waals surface area contributed by atoms with E-state index in [2.05, 4.69) is 20.9 Å². The van der Waals surface area contributed by atoms with Crippen molar-refractivity contribution in [3.8, 4) is 11.5 Å². The molecule has 0 fully saturated rings. The molecule has 0 bridgehead atoms. The van der Waals surface area contributed by atoms with Crippen LogP contribution in [-0.2, 0) is 4.79 Å². The minimum absolute atomic E-state index is 0.0732. The number of ether oxygens (including phenoxy) is 2. The first-order chi connectivity index (χ1) is 11.6. The van der Waals surface area contributed by atoms with Crippen molar-refractivity contribution >= 4 is 17.6 Å². The van der Waals surface area contributed by atoms with E-state index in [0.717, 1.165) is 12.1 Å². The fourth-order valence-corrected chi connectivity index (χ4v) is 1.94. The van der Waals surface area contributed by atoms with E-state index in [1.807, 2.05) is 39.0 Å². The molecular formula is C17H28N4O3. The predicted octanol–water partition coefficient (Wildman–Crippen LogP) is 2.00. The minimum atomic E-state index is -0.0983. The molecule has 7 nitrogen and oxygen atoms in total. The van der Waals surface area contributed by atoms with Crippen LogP contribution in [0.3, 0.4) is 0 Å². The highest BCUT2D eigenvalue weighted by molar-refractivity contribution is 5.95. The second-order valence-electron chi connectivity index (χ2n) is 4.97. The number of benzene rings is 1. The van der Waals surface area contributed by atoms with Gasteiger partial charge in [-0.3, -0.25) is 4.79 Å². The zero-order valence-corrected chi connectivity index (χ0v) is 14.9. The van der Waals surface area contributed by atoms with Gasteiger partial charge in [0.05, 0.1) is 13.7 Å². The maximum atomic E-state index is 11.7. The normalized spacial score (nSPS) is 10.9. The van der Waals surface area contributed by atoms with E-state index >= 15 is 0 Å². The number of aliphatic imine (C=N–C) groups is 1. The Labute approximate surface area is 143 Å². The number of rotatable bonds is 9. The third kappa shape index (κ3) is 6.76. The van der Waals surface area contributed by atoms with Crippen molar-refractivity contribution in [1.82, 2.24) is 10.6 Å². The Morgan fingerprint density at radius 2 is 1.96 bits per heavy atom. The molecule has 0 aliphatic carbocycles. The van der Waals surface area contributed by atoms with Gasteiger partial charge in [-0.25, -0.2) is 4.99 Å². The van der Waals surface area contributed by atoms with Gasteiger partial charge >= 0.3 is 0 Å². The molecule has 0 radical (unpaired) electrons. The number of carbonyl (C=O) groups excluding carboxylic acids is 1. The molecule has 0 aliphatic rings. The van der Waals surface area contributed by atoms with E-state index in [-0.39, 0.29) is 12.5 Å². The molecule has 0 aliphatic heterocycles. The van der Waals surface area contributed by atoms with Crippen molar-refractivity contribution in [2.24, 2.45) is 4.99 Å². The monoisotopic (exact) mass is 336 g/mol. The Morgan fingerprint density at radius 1 is 1.17 bits per heavy atom. The summed E-state index contributed by atoms with van der Waals surface area (Å²) in [5.74, 6) is 1.76. The van der Waals surface area contributed by atoms with Crippen LogP contribution in [0.4, 0.5) is 5.69 Å². The Balaban J connectivity index is 2.80. The van der Waals surface area contributed by atoms with E-state index < -0.39 is 0 Å². The van der Waals surface area contributed by atoms with Gasteiger partial charge < -0.3 is 25.4 Å². The molecule has 0 atom stereocenters. The average molecular weight is 336 g/mol. The molecule has 1 amide bonds. The van der Waals surface area contributed by atoms with Crippen LogP contribution in [0.2, 0.25) is 0 Å². The smallest absolute Gasteiger partial charge is 0.241 e. The van der Waals surface area contributed by atoms with Crippen molar-refractivity contribution in [1.29, 1.82) is 0 Å². The van der Waals surface area contributed by atoms with E-state index in [4.69, 9.17) is 9.47 Å². The number of nitrogens with one attached hydrogen (secondary N) is 3. The van der Waals surface area contributed by atoms with Crippen molar-refractivity contribution in [3.63, 3.8) is 0 Å².